The lowest BCUT2D eigenvalue weighted by molar-refractivity contribution is -0.153. The van der Waals surface area contributed by atoms with Crippen molar-refractivity contribution in [3.8, 4) is 11.5 Å². The summed E-state index contributed by atoms with van der Waals surface area (Å²) in [7, 11) is 1.33. The molecule has 6 heteroatoms. The number of ether oxygens (including phenoxy) is 2. The molecule has 2 N–H and O–H groups in total. The summed E-state index contributed by atoms with van der Waals surface area (Å²) in [5, 5.41) is 20.0. The quantitative estimate of drug-likeness (QED) is 0.821. The summed E-state index contributed by atoms with van der Waals surface area (Å²) in [6.07, 6.45) is -1.57. The molecule has 1 aromatic rings. The van der Waals surface area contributed by atoms with Crippen molar-refractivity contribution in [2.45, 2.75) is 20.0 Å². The zero-order valence-electron chi connectivity index (χ0n) is 10.4. The number of rotatable bonds is 4. The van der Waals surface area contributed by atoms with E-state index in [0.29, 0.717) is 5.56 Å². The van der Waals surface area contributed by atoms with E-state index in [1.807, 2.05) is 0 Å². The first kappa shape index (κ1) is 14.6. The van der Waals surface area contributed by atoms with Crippen LogP contribution in [0.5, 0.6) is 11.5 Å². The fourth-order valence-corrected chi connectivity index (χ4v) is 1.96. The Labute approximate surface area is 110 Å². The number of phenolic OH excluding ortho intramolecular Hbond substituents is 1. The highest BCUT2D eigenvalue weighted by Crippen LogP contribution is 2.41. The van der Waals surface area contributed by atoms with E-state index < -0.39 is 12.1 Å². The van der Waals surface area contributed by atoms with E-state index in [1.54, 1.807) is 13.8 Å². The minimum absolute atomic E-state index is 0.0145. The molecule has 0 spiro atoms. The lowest BCUT2D eigenvalue weighted by atomic mass is 10.0. The fourth-order valence-electron chi connectivity index (χ4n) is 1.63. The number of carbonyl (C=O) groups excluding carboxylic acids is 1. The van der Waals surface area contributed by atoms with Crippen molar-refractivity contribution in [2.75, 3.05) is 13.7 Å². The van der Waals surface area contributed by atoms with E-state index in [9.17, 15) is 15.0 Å². The summed E-state index contributed by atoms with van der Waals surface area (Å²) in [6, 6.07) is 1.50. The summed E-state index contributed by atoms with van der Waals surface area (Å²) in [6.45, 7) is 3.38. The number of methoxy groups -OCH3 is 1. The molecular weight excluding hydrogens is 260 g/mol. The minimum Gasteiger partial charge on any atom is -0.504 e. The van der Waals surface area contributed by atoms with Crippen LogP contribution in [0.4, 0.5) is 0 Å². The molecule has 0 saturated heterocycles. The molecule has 0 aliphatic heterocycles. The van der Waals surface area contributed by atoms with Crippen molar-refractivity contribution < 1.29 is 24.5 Å². The van der Waals surface area contributed by atoms with Crippen LogP contribution in [-0.4, -0.2) is 29.9 Å². The summed E-state index contributed by atoms with van der Waals surface area (Å²) in [5.41, 5.74) is 0.508. The molecule has 5 nitrogen and oxygen atoms in total. The lowest BCUT2D eigenvalue weighted by Gasteiger charge is -2.17. The molecule has 0 amide bonds. The number of aromatic hydroxyl groups is 1. The normalized spacial score (nSPS) is 12.1. The maximum Gasteiger partial charge on any atom is 0.339 e. The highest BCUT2D eigenvalue weighted by molar-refractivity contribution is 6.32. The molecule has 100 valence electrons. The predicted molar refractivity (Wildman–Crippen MR) is 66.0 cm³/mol. The van der Waals surface area contributed by atoms with E-state index >= 15 is 0 Å². The van der Waals surface area contributed by atoms with Crippen LogP contribution in [0.1, 0.15) is 24.2 Å². The van der Waals surface area contributed by atoms with Gasteiger partial charge >= 0.3 is 5.97 Å². The summed E-state index contributed by atoms with van der Waals surface area (Å²) in [5.74, 6) is -1.18. The molecule has 1 rings (SSSR count). The van der Waals surface area contributed by atoms with Gasteiger partial charge in [0.15, 0.2) is 17.6 Å². The van der Waals surface area contributed by atoms with Crippen molar-refractivity contribution in [3.63, 3.8) is 0 Å². The predicted octanol–water partition coefficient (Wildman–Crippen LogP) is 1.96. The van der Waals surface area contributed by atoms with Gasteiger partial charge in [-0.3, -0.25) is 0 Å². The van der Waals surface area contributed by atoms with Gasteiger partial charge in [0, 0.05) is 5.56 Å². The van der Waals surface area contributed by atoms with Crippen LogP contribution < -0.4 is 4.74 Å². The number of halogens is 1. The van der Waals surface area contributed by atoms with E-state index in [2.05, 4.69) is 0 Å². The van der Waals surface area contributed by atoms with Crippen molar-refractivity contribution in [2.24, 2.45) is 0 Å². The van der Waals surface area contributed by atoms with Crippen LogP contribution in [0.2, 0.25) is 5.02 Å². The molecule has 0 fully saturated rings. The van der Waals surface area contributed by atoms with Crippen molar-refractivity contribution >= 4 is 17.6 Å². The number of phenols is 1. The summed E-state index contributed by atoms with van der Waals surface area (Å²) >= 11 is 5.87. The van der Waals surface area contributed by atoms with Crippen LogP contribution in [0.25, 0.3) is 0 Å². The van der Waals surface area contributed by atoms with Crippen molar-refractivity contribution in [1.82, 2.24) is 0 Å². The topological polar surface area (TPSA) is 76.0 Å². The minimum atomic E-state index is -1.57. The van der Waals surface area contributed by atoms with Crippen LogP contribution in [0.3, 0.4) is 0 Å². The maximum atomic E-state index is 11.5. The van der Waals surface area contributed by atoms with E-state index in [-0.39, 0.29) is 28.7 Å². The molecule has 0 heterocycles. The number of hydrogen-bond acceptors (Lipinski definition) is 5. The first-order chi connectivity index (χ1) is 8.43. The van der Waals surface area contributed by atoms with Crippen LogP contribution in [0, 0.1) is 6.92 Å². The van der Waals surface area contributed by atoms with E-state index in [4.69, 9.17) is 21.1 Å². The van der Waals surface area contributed by atoms with Crippen LogP contribution in [0.15, 0.2) is 6.07 Å². The molecule has 1 atom stereocenters. The monoisotopic (exact) mass is 274 g/mol. The lowest BCUT2D eigenvalue weighted by Crippen LogP contribution is -2.16. The standard InChI is InChI=1S/C12H15ClO5/c1-4-18-12(16)10(15)8-6(2)5-7(13)11(17-3)9(8)14/h5,10,14-15H,4H2,1-3H3. The molecule has 0 aliphatic carbocycles. The smallest absolute Gasteiger partial charge is 0.339 e. The molecule has 1 aromatic carbocycles. The first-order valence-electron chi connectivity index (χ1n) is 5.34. The average Bonchev–Trinajstić information content (AvgIpc) is 2.29. The molecule has 18 heavy (non-hydrogen) atoms. The molecule has 0 aliphatic rings. The Hall–Kier alpha value is -1.46. The second kappa shape index (κ2) is 5.93. The fraction of sp³-hybridized carbons (Fsp3) is 0.417. The maximum absolute atomic E-state index is 11.5. The third-order valence-corrected chi connectivity index (χ3v) is 2.72. The van der Waals surface area contributed by atoms with Gasteiger partial charge in [-0.05, 0) is 25.5 Å². The number of aliphatic hydroxyl groups is 1. The van der Waals surface area contributed by atoms with Crippen molar-refractivity contribution in [1.29, 1.82) is 0 Å². The third-order valence-electron chi connectivity index (χ3n) is 2.44. The Balaban J connectivity index is 3.28. The molecule has 0 radical (unpaired) electrons. The summed E-state index contributed by atoms with van der Waals surface area (Å²) < 4.78 is 9.61. The van der Waals surface area contributed by atoms with E-state index in [1.165, 1.54) is 13.2 Å². The number of esters is 1. The molecule has 0 bridgehead atoms. The molecule has 0 saturated carbocycles. The zero-order valence-corrected chi connectivity index (χ0v) is 11.1. The molecule has 0 aromatic heterocycles. The number of benzene rings is 1. The van der Waals surface area contributed by atoms with Gasteiger partial charge in [-0.15, -0.1) is 0 Å². The zero-order chi connectivity index (χ0) is 13.9. The number of aliphatic hydroxyl groups excluding tert-OH is 1. The van der Waals surface area contributed by atoms with Gasteiger partial charge in [-0.25, -0.2) is 4.79 Å². The SMILES string of the molecule is CCOC(=O)C(O)c1c(C)cc(Cl)c(OC)c1O. The van der Waals surface area contributed by atoms with Crippen molar-refractivity contribution in [3.05, 3.63) is 22.2 Å². The Morgan fingerprint density at radius 2 is 2.17 bits per heavy atom. The van der Waals surface area contributed by atoms with Gasteiger partial charge < -0.3 is 19.7 Å². The Bertz CT molecular complexity index is 458. The van der Waals surface area contributed by atoms with E-state index in [0.717, 1.165) is 0 Å². The largest absolute Gasteiger partial charge is 0.504 e. The van der Waals surface area contributed by atoms with Gasteiger partial charge in [0.1, 0.15) is 0 Å². The van der Waals surface area contributed by atoms with Gasteiger partial charge in [0.05, 0.1) is 18.7 Å². The molecule has 1 unspecified atom stereocenters. The molecular formula is C12H15ClO5. The average molecular weight is 275 g/mol. The van der Waals surface area contributed by atoms with Crippen LogP contribution >= 0.6 is 11.6 Å². The number of carbonyl (C=O) groups is 1. The number of aryl methyl sites for hydroxylation is 1. The highest BCUT2D eigenvalue weighted by Gasteiger charge is 2.27. The Morgan fingerprint density at radius 3 is 2.67 bits per heavy atom. The van der Waals surface area contributed by atoms with Crippen LogP contribution in [-0.2, 0) is 9.53 Å². The Kier molecular flexibility index (Phi) is 4.81. The van der Waals surface area contributed by atoms with Gasteiger partial charge in [0.25, 0.3) is 0 Å². The number of hydrogen-bond donors (Lipinski definition) is 2. The second-order valence-corrected chi connectivity index (χ2v) is 4.03. The van der Waals surface area contributed by atoms with Gasteiger partial charge in [-0.1, -0.05) is 11.6 Å². The second-order valence-electron chi connectivity index (χ2n) is 3.63. The Morgan fingerprint density at radius 1 is 1.56 bits per heavy atom. The van der Waals surface area contributed by atoms with Gasteiger partial charge in [0.2, 0.25) is 0 Å². The van der Waals surface area contributed by atoms with Gasteiger partial charge in [-0.2, -0.15) is 0 Å². The first-order valence-corrected chi connectivity index (χ1v) is 5.72. The summed E-state index contributed by atoms with van der Waals surface area (Å²) in [4.78, 5) is 11.5. The highest BCUT2D eigenvalue weighted by atomic mass is 35.5. The third kappa shape index (κ3) is 2.68.